The van der Waals surface area contributed by atoms with E-state index in [2.05, 4.69) is 10.2 Å². The zero-order valence-electron chi connectivity index (χ0n) is 16.2. The smallest absolute Gasteiger partial charge is 0.260 e. The number of aliphatic hydroxyl groups is 1. The predicted octanol–water partition coefficient (Wildman–Crippen LogP) is 0.390. The molecule has 2 aromatic rings. The number of H-pyrrole nitrogens is 1. The summed E-state index contributed by atoms with van der Waals surface area (Å²) in [5.74, 6) is 1.00. The van der Waals surface area contributed by atoms with Crippen molar-refractivity contribution in [3.63, 3.8) is 0 Å². The molecule has 4 rings (SSSR count). The molecule has 2 aliphatic rings. The molecule has 0 bridgehead atoms. The van der Waals surface area contributed by atoms with E-state index in [4.69, 9.17) is 9.47 Å². The van der Waals surface area contributed by atoms with Crippen LogP contribution >= 0.6 is 0 Å². The molecule has 0 radical (unpaired) electrons. The van der Waals surface area contributed by atoms with Gasteiger partial charge in [0.25, 0.3) is 11.8 Å². The van der Waals surface area contributed by atoms with Crippen molar-refractivity contribution < 1.29 is 24.2 Å². The van der Waals surface area contributed by atoms with Crippen LogP contribution in [0.1, 0.15) is 10.4 Å². The van der Waals surface area contributed by atoms with E-state index in [1.807, 2.05) is 0 Å². The lowest BCUT2D eigenvalue weighted by molar-refractivity contribution is -0.133. The molecule has 0 spiro atoms. The topological polar surface area (TPSA) is 108 Å². The largest absolute Gasteiger partial charge is 0.497 e. The van der Waals surface area contributed by atoms with Crippen LogP contribution in [-0.4, -0.2) is 83.4 Å². The molecule has 2 fully saturated rings. The molecule has 2 aliphatic heterocycles. The SMILES string of the molecule is COc1cccc(OCC(=O)N2CC3CN(C(=O)c4cn[nH]c4)CC3(CO)C2)c1. The molecule has 3 heterocycles. The van der Waals surface area contributed by atoms with E-state index < -0.39 is 5.41 Å². The third kappa shape index (κ3) is 3.65. The summed E-state index contributed by atoms with van der Waals surface area (Å²) in [6.45, 7) is 1.66. The van der Waals surface area contributed by atoms with Crippen LogP contribution in [0.2, 0.25) is 0 Å². The predicted molar refractivity (Wildman–Crippen MR) is 103 cm³/mol. The summed E-state index contributed by atoms with van der Waals surface area (Å²) in [6, 6.07) is 7.09. The zero-order valence-corrected chi connectivity index (χ0v) is 16.2. The second-order valence-corrected chi connectivity index (χ2v) is 7.63. The van der Waals surface area contributed by atoms with Crippen molar-refractivity contribution in [2.24, 2.45) is 11.3 Å². The minimum absolute atomic E-state index is 0.0316. The van der Waals surface area contributed by atoms with Crippen LogP contribution in [-0.2, 0) is 4.79 Å². The van der Waals surface area contributed by atoms with Gasteiger partial charge in [-0.3, -0.25) is 14.7 Å². The highest BCUT2D eigenvalue weighted by Crippen LogP contribution is 2.42. The first-order chi connectivity index (χ1) is 14.0. The molecule has 9 nitrogen and oxygen atoms in total. The summed E-state index contributed by atoms with van der Waals surface area (Å²) < 4.78 is 10.8. The van der Waals surface area contributed by atoms with Crippen molar-refractivity contribution in [2.45, 2.75) is 0 Å². The molecule has 154 valence electrons. The number of benzene rings is 1. The van der Waals surface area contributed by atoms with Gasteiger partial charge in [0, 0.05) is 49.8 Å². The number of hydrogen-bond acceptors (Lipinski definition) is 6. The Balaban J connectivity index is 1.36. The number of carbonyl (C=O) groups is 2. The van der Waals surface area contributed by atoms with E-state index in [0.29, 0.717) is 43.2 Å². The van der Waals surface area contributed by atoms with Crippen molar-refractivity contribution in [1.82, 2.24) is 20.0 Å². The van der Waals surface area contributed by atoms with Gasteiger partial charge in [0.1, 0.15) is 11.5 Å². The summed E-state index contributed by atoms with van der Waals surface area (Å²) in [6.07, 6.45) is 3.06. The van der Waals surface area contributed by atoms with Crippen LogP contribution < -0.4 is 9.47 Å². The van der Waals surface area contributed by atoms with E-state index in [9.17, 15) is 14.7 Å². The fraction of sp³-hybridized carbons (Fsp3) is 0.450. The van der Waals surface area contributed by atoms with Gasteiger partial charge in [-0.15, -0.1) is 0 Å². The number of nitrogens with one attached hydrogen (secondary N) is 1. The molecule has 1 aromatic heterocycles. The first-order valence-corrected chi connectivity index (χ1v) is 9.48. The lowest BCUT2D eigenvalue weighted by atomic mass is 9.82. The number of aromatic nitrogens is 2. The maximum atomic E-state index is 12.7. The van der Waals surface area contributed by atoms with E-state index in [1.165, 1.54) is 6.20 Å². The lowest BCUT2D eigenvalue weighted by Gasteiger charge is -2.27. The number of aromatic amines is 1. The summed E-state index contributed by atoms with van der Waals surface area (Å²) in [5, 5.41) is 16.5. The van der Waals surface area contributed by atoms with Crippen molar-refractivity contribution in [3.8, 4) is 11.5 Å². The van der Waals surface area contributed by atoms with Gasteiger partial charge in [0.2, 0.25) is 0 Å². The summed E-state index contributed by atoms with van der Waals surface area (Å²) >= 11 is 0. The number of hydrogen-bond donors (Lipinski definition) is 2. The fourth-order valence-corrected chi connectivity index (χ4v) is 4.23. The number of aliphatic hydroxyl groups excluding tert-OH is 1. The Hall–Kier alpha value is -3.07. The summed E-state index contributed by atoms with van der Waals surface area (Å²) in [5.41, 5.74) is 0.00284. The van der Waals surface area contributed by atoms with Gasteiger partial charge in [-0.05, 0) is 12.1 Å². The molecular weight excluding hydrogens is 376 g/mol. The van der Waals surface area contributed by atoms with Gasteiger partial charge in [-0.1, -0.05) is 6.07 Å². The molecule has 2 saturated heterocycles. The minimum Gasteiger partial charge on any atom is -0.497 e. The zero-order chi connectivity index (χ0) is 20.4. The highest BCUT2D eigenvalue weighted by Gasteiger charge is 2.54. The Morgan fingerprint density at radius 1 is 1.28 bits per heavy atom. The number of amides is 2. The van der Waals surface area contributed by atoms with Crippen LogP contribution in [0.4, 0.5) is 0 Å². The van der Waals surface area contributed by atoms with E-state index in [0.717, 1.165) is 0 Å². The van der Waals surface area contributed by atoms with Gasteiger partial charge in [0.15, 0.2) is 6.61 Å². The Morgan fingerprint density at radius 3 is 2.72 bits per heavy atom. The molecule has 1 aromatic carbocycles. The number of rotatable bonds is 6. The van der Waals surface area contributed by atoms with Crippen LogP contribution in [0.3, 0.4) is 0 Å². The van der Waals surface area contributed by atoms with Crippen molar-refractivity contribution >= 4 is 11.8 Å². The van der Waals surface area contributed by atoms with Crippen molar-refractivity contribution in [3.05, 3.63) is 42.2 Å². The average molecular weight is 400 g/mol. The minimum atomic E-state index is -0.495. The van der Waals surface area contributed by atoms with Crippen LogP contribution in [0.25, 0.3) is 0 Å². The number of fused-ring (bicyclic) bond motifs is 1. The maximum Gasteiger partial charge on any atom is 0.260 e. The molecule has 2 amide bonds. The molecule has 0 saturated carbocycles. The van der Waals surface area contributed by atoms with E-state index >= 15 is 0 Å². The Labute approximate surface area is 168 Å². The molecule has 9 heteroatoms. The highest BCUT2D eigenvalue weighted by atomic mass is 16.5. The number of ether oxygens (including phenoxy) is 2. The number of nitrogens with zero attached hydrogens (tertiary/aromatic N) is 3. The first-order valence-electron chi connectivity index (χ1n) is 9.48. The van der Waals surface area contributed by atoms with Crippen LogP contribution in [0.5, 0.6) is 11.5 Å². The first kappa shape index (κ1) is 19.3. The fourth-order valence-electron chi connectivity index (χ4n) is 4.23. The number of likely N-dealkylation sites (tertiary alicyclic amines) is 2. The molecular formula is C20H24N4O5. The quantitative estimate of drug-likeness (QED) is 0.726. The van der Waals surface area contributed by atoms with Crippen molar-refractivity contribution in [1.29, 1.82) is 0 Å². The second kappa shape index (κ2) is 7.75. The Bertz CT molecular complexity index is 887. The normalized spacial score (nSPS) is 23.2. The average Bonchev–Trinajstić information content (AvgIpc) is 3.46. The lowest BCUT2D eigenvalue weighted by Crippen LogP contribution is -2.41. The highest BCUT2D eigenvalue weighted by molar-refractivity contribution is 5.94. The molecule has 2 unspecified atom stereocenters. The summed E-state index contributed by atoms with van der Waals surface area (Å²) in [7, 11) is 1.57. The van der Waals surface area contributed by atoms with Crippen LogP contribution in [0.15, 0.2) is 36.7 Å². The van der Waals surface area contributed by atoms with Crippen molar-refractivity contribution in [2.75, 3.05) is 46.5 Å². The third-order valence-electron chi connectivity index (χ3n) is 5.86. The molecule has 2 atom stereocenters. The Kier molecular flexibility index (Phi) is 5.14. The molecule has 29 heavy (non-hydrogen) atoms. The van der Waals surface area contributed by atoms with Gasteiger partial charge >= 0.3 is 0 Å². The third-order valence-corrected chi connectivity index (χ3v) is 5.86. The van der Waals surface area contributed by atoms with Gasteiger partial charge in [0.05, 0.1) is 25.5 Å². The van der Waals surface area contributed by atoms with Crippen LogP contribution in [0, 0.1) is 11.3 Å². The Morgan fingerprint density at radius 2 is 2.03 bits per heavy atom. The summed E-state index contributed by atoms with van der Waals surface area (Å²) in [4.78, 5) is 28.7. The maximum absolute atomic E-state index is 12.7. The molecule has 0 aliphatic carbocycles. The second-order valence-electron chi connectivity index (χ2n) is 7.63. The number of methoxy groups -OCH3 is 1. The van der Waals surface area contributed by atoms with E-state index in [1.54, 1.807) is 47.4 Å². The standard InChI is InChI=1S/C20H24N4O5/c1-28-16-3-2-4-17(5-16)29-10-18(26)23-8-15-9-24(12-20(15,11-23)13-25)19(27)14-6-21-22-7-14/h2-7,15,25H,8-13H2,1H3,(H,21,22). The molecule has 2 N–H and O–H groups in total. The van der Waals surface area contributed by atoms with Gasteiger partial charge in [-0.25, -0.2) is 0 Å². The monoisotopic (exact) mass is 400 g/mol. The van der Waals surface area contributed by atoms with Gasteiger partial charge < -0.3 is 24.4 Å². The van der Waals surface area contributed by atoms with E-state index in [-0.39, 0.29) is 30.9 Å². The number of carbonyl (C=O) groups excluding carboxylic acids is 2. The van der Waals surface area contributed by atoms with Gasteiger partial charge in [-0.2, -0.15) is 5.10 Å².